The molecule has 0 radical (unpaired) electrons. The molecule has 1 fully saturated rings. The molecule has 1 aliphatic rings. The summed E-state index contributed by atoms with van der Waals surface area (Å²) >= 11 is 0. The van der Waals surface area contributed by atoms with E-state index in [1.165, 1.54) is 12.1 Å². The number of halogens is 3. The molecule has 122 valence electrons. The molecule has 0 bridgehead atoms. The minimum absolute atomic E-state index is 0. The van der Waals surface area contributed by atoms with E-state index in [1.54, 1.807) is 18.3 Å². The molecule has 23 heavy (non-hydrogen) atoms. The monoisotopic (exact) mass is 430 g/mol. The summed E-state index contributed by atoms with van der Waals surface area (Å²) in [6.07, 6.45) is 3.28. The molecule has 0 saturated heterocycles. The number of guanidine groups is 1. The van der Waals surface area contributed by atoms with E-state index in [1.807, 2.05) is 6.07 Å². The third-order valence-corrected chi connectivity index (χ3v) is 3.83. The molecule has 1 aromatic heterocycles. The van der Waals surface area contributed by atoms with Crippen LogP contribution in [0.1, 0.15) is 18.4 Å². The summed E-state index contributed by atoms with van der Waals surface area (Å²) in [6, 6.07) is 9.09. The highest BCUT2D eigenvalue weighted by Crippen LogP contribution is 2.49. The lowest BCUT2D eigenvalue weighted by Gasteiger charge is -2.14. The summed E-state index contributed by atoms with van der Waals surface area (Å²) < 4.78 is 26.9. The van der Waals surface area contributed by atoms with Gasteiger partial charge in [-0.15, -0.1) is 24.0 Å². The van der Waals surface area contributed by atoms with Crippen molar-refractivity contribution in [3.63, 3.8) is 0 Å². The molecule has 0 unspecified atom stereocenters. The average molecular weight is 430 g/mol. The molecular formula is C16H17F2IN4. The van der Waals surface area contributed by atoms with Crippen molar-refractivity contribution in [2.75, 3.05) is 11.9 Å². The Morgan fingerprint density at radius 1 is 1.26 bits per heavy atom. The molecule has 1 heterocycles. The van der Waals surface area contributed by atoms with E-state index in [4.69, 9.17) is 5.73 Å². The highest BCUT2D eigenvalue weighted by molar-refractivity contribution is 14.0. The second kappa shape index (κ2) is 7.20. The fourth-order valence-electron chi connectivity index (χ4n) is 2.43. The van der Waals surface area contributed by atoms with Gasteiger partial charge in [0, 0.05) is 17.7 Å². The van der Waals surface area contributed by atoms with Crippen LogP contribution < -0.4 is 11.1 Å². The van der Waals surface area contributed by atoms with Gasteiger partial charge in [0.15, 0.2) is 5.96 Å². The number of nitrogens with one attached hydrogen (secondary N) is 1. The van der Waals surface area contributed by atoms with Gasteiger partial charge in [-0.3, -0.25) is 4.99 Å². The molecule has 7 heteroatoms. The van der Waals surface area contributed by atoms with Gasteiger partial charge < -0.3 is 11.1 Å². The summed E-state index contributed by atoms with van der Waals surface area (Å²) in [5.74, 6) is -0.269. The predicted molar refractivity (Wildman–Crippen MR) is 97.0 cm³/mol. The van der Waals surface area contributed by atoms with Crippen molar-refractivity contribution in [2.24, 2.45) is 10.7 Å². The van der Waals surface area contributed by atoms with Crippen LogP contribution >= 0.6 is 24.0 Å². The maximum absolute atomic E-state index is 13.9. The average Bonchev–Trinajstić information content (AvgIpc) is 3.27. The van der Waals surface area contributed by atoms with Gasteiger partial charge in [-0.1, -0.05) is 12.1 Å². The van der Waals surface area contributed by atoms with Crippen LogP contribution in [0.3, 0.4) is 0 Å². The Hall–Kier alpha value is -1.77. The molecule has 3 N–H and O–H groups in total. The lowest BCUT2D eigenvalue weighted by atomic mass is 9.95. The highest BCUT2D eigenvalue weighted by atomic mass is 127. The number of anilines is 1. The Morgan fingerprint density at radius 2 is 2.04 bits per heavy atom. The Balaban J connectivity index is 0.00000192. The molecule has 1 aromatic carbocycles. The van der Waals surface area contributed by atoms with E-state index in [-0.39, 0.29) is 35.4 Å². The molecule has 0 atom stereocenters. The fraction of sp³-hybridized carbons (Fsp3) is 0.250. The number of aromatic nitrogens is 1. The van der Waals surface area contributed by atoms with Crippen LogP contribution in [0.25, 0.3) is 0 Å². The quantitative estimate of drug-likeness (QED) is 0.444. The topological polar surface area (TPSA) is 63.3 Å². The van der Waals surface area contributed by atoms with E-state index >= 15 is 0 Å². The lowest BCUT2D eigenvalue weighted by Crippen LogP contribution is -2.25. The van der Waals surface area contributed by atoms with Crippen LogP contribution in [0.2, 0.25) is 0 Å². The van der Waals surface area contributed by atoms with Crippen molar-refractivity contribution in [1.29, 1.82) is 0 Å². The van der Waals surface area contributed by atoms with Gasteiger partial charge in [0.2, 0.25) is 0 Å². The lowest BCUT2D eigenvalue weighted by molar-refractivity contribution is 0.549. The van der Waals surface area contributed by atoms with Crippen molar-refractivity contribution >= 4 is 35.8 Å². The summed E-state index contributed by atoms with van der Waals surface area (Å²) in [6.45, 7) is 0.362. The number of nitrogens with zero attached hydrogens (tertiary/aromatic N) is 2. The normalized spacial score (nSPS) is 15.7. The number of aliphatic imine (C=N–C) groups is 1. The molecule has 3 rings (SSSR count). The molecular weight excluding hydrogens is 413 g/mol. The first-order chi connectivity index (χ1) is 10.6. The van der Waals surface area contributed by atoms with E-state index in [9.17, 15) is 8.78 Å². The van der Waals surface area contributed by atoms with Gasteiger partial charge in [-0.25, -0.2) is 13.8 Å². The first-order valence-corrected chi connectivity index (χ1v) is 7.03. The number of rotatable bonds is 4. The van der Waals surface area contributed by atoms with E-state index < -0.39 is 11.6 Å². The first kappa shape index (κ1) is 17.6. The minimum Gasteiger partial charge on any atom is -0.370 e. The van der Waals surface area contributed by atoms with Crippen molar-refractivity contribution < 1.29 is 8.78 Å². The van der Waals surface area contributed by atoms with Crippen LogP contribution in [0, 0.1) is 11.6 Å². The van der Waals surface area contributed by atoms with Crippen molar-refractivity contribution in [1.82, 2.24) is 4.98 Å². The molecule has 0 aliphatic heterocycles. The SMILES string of the molecule is I.NC(=NCC1(c2ccc(F)cc2F)CC1)Nc1ccccn1. The second-order valence-corrected chi connectivity index (χ2v) is 5.45. The second-order valence-electron chi connectivity index (χ2n) is 5.45. The number of hydrogen-bond acceptors (Lipinski definition) is 2. The van der Waals surface area contributed by atoms with Crippen LogP contribution in [0.4, 0.5) is 14.6 Å². The molecule has 0 spiro atoms. The van der Waals surface area contributed by atoms with Crippen LogP contribution in [0.5, 0.6) is 0 Å². The summed E-state index contributed by atoms with van der Waals surface area (Å²) in [4.78, 5) is 8.36. The van der Waals surface area contributed by atoms with Crippen LogP contribution in [-0.2, 0) is 5.41 Å². The summed E-state index contributed by atoms with van der Waals surface area (Å²) in [7, 11) is 0. The van der Waals surface area contributed by atoms with Crippen LogP contribution in [-0.4, -0.2) is 17.5 Å². The number of pyridine rings is 1. The first-order valence-electron chi connectivity index (χ1n) is 7.03. The minimum atomic E-state index is -0.572. The highest BCUT2D eigenvalue weighted by Gasteiger charge is 2.46. The number of nitrogens with two attached hydrogens (primary N) is 1. The van der Waals surface area contributed by atoms with Gasteiger partial charge in [0.05, 0.1) is 6.54 Å². The zero-order chi connectivity index (χ0) is 15.6. The molecule has 2 aromatic rings. The van der Waals surface area contributed by atoms with Gasteiger partial charge in [-0.05, 0) is 36.6 Å². The summed E-state index contributed by atoms with van der Waals surface area (Å²) in [5.41, 5.74) is 5.96. The zero-order valence-corrected chi connectivity index (χ0v) is 14.6. The van der Waals surface area contributed by atoms with E-state index in [0.717, 1.165) is 18.9 Å². The van der Waals surface area contributed by atoms with Gasteiger partial charge in [0.1, 0.15) is 17.5 Å². The standard InChI is InChI=1S/C16H16F2N4.HI/c17-11-4-5-12(13(18)9-11)16(6-7-16)10-21-15(19)22-14-3-1-2-8-20-14;/h1-5,8-9H,6-7,10H2,(H3,19,20,21,22);1H. The maximum atomic E-state index is 13.9. The predicted octanol–water partition coefficient (Wildman–Crippen LogP) is 3.44. The molecule has 1 aliphatic carbocycles. The maximum Gasteiger partial charge on any atom is 0.194 e. The Labute approximate surface area is 150 Å². The van der Waals surface area contributed by atoms with Crippen molar-refractivity contribution in [2.45, 2.75) is 18.3 Å². The fourth-order valence-corrected chi connectivity index (χ4v) is 2.43. The van der Waals surface area contributed by atoms with Crippen LogP contribution in [0.15, 0.2) is 47.6 Å². The van der Waals surface area contributed by atoms with E-state index in [2.05, 4.69) is 15.3 Å². The van der Waals surface area contributed by atoms with Gasteiger partial charge in [0.25, 0.3) is 0 Å². The zero-order valence-electron chi connectivity index (χ0n) is 12.3. The molecule has 1 saturated carbocycles. The molecule has 0 amide bonds. The molecule has 4 nitrogen and oxygen atoms in total. The number of hydrogen-bond donors (Lipinski definition) is 2. The Bertz CT molecular complexity index is 702. The smallest absolute Gasteiger partial charge is 0.194 e. The largest absolute Gasteiger partial charge is 0.370 e. The van der Waals surface area contributed by atoms with E-state index in [0.29, 0.717) is 17.9 Å². The summed E-state index contributed by atoms with van der Waals surface area (Å²) in [5, 5.41) is 2.88. The Kier molecular flexibility index (Phi) is 5.51. The third-order valence-electron chi connectivity index (χ3n) is 3.83. The van der Waals surface area contributed by atoms with Crippen molar-refractivity contribution in [3.8, 4) is 0 Å². The van der Waals surface area contributed by atoms with Crippen molar-refractivity contribution in [3.05, 3.63) is 59.8 Å². The Morgan fingerprint density at radius 3 is 2.65 bits per heavy atom. The number of benzene rings is 1. The van der Waals surface area contributed by atoms with Gasteiger partial charge >= 0.3 is 0 Å². The van der Waals surface area contributed by atoms with Gasteiger partial charge in [-0.2, -0.15) is 0 Å². The third kappa shape index (κ3) is 4.15.